The first-order chi connectivity index (χ1) is 13.3. The number of benzene rings is 2. The van der Waals surface area contributed by atoms with Gasteiger partial charge in [0.15, 0.2) is 0 Å². The van der Waals surface area contributed by atoms with Gasteiger partial charge in [-0.1, -0.05) is 30.3 Å². The van der Waals surface area contributed by atoms with E-state index >= 15 is 0 Å². The molecule has 1 unspecified atom stereocenters. The number of aromatic nitrogens is 2. The van der Waals surface area contributed by atoms with Crippen molar-refractivity contribution in [3.05, 3.63) is 60.7 Å². The summed E-state index contributed by atoms with van der Waals surface area (Å²) >= 11 is 0. The summed E-state index contributed by atoms with van der Waals surface area (Å²) in [5, 5.41) is 9.35. The standard InChI is InChI=1S/C19H19FN4O3S/c1-12(25)9-24-28(26,27)18-5-3-2-4-16(18)13-6-7-15(17(20)8-13)14-10-22-19(21)23-11-14/h2-8,10-12,24-25H,9H2,1H3,(H2,21,22,23). The number of anilines is 1. The molecular weight excluding hydrogens is 383 g/mol. The number of aliphatic hydroxyl groups excluding tert-OH is 1. The Bertz CT molecular complexity index is 1090. The molecule has 0 aliphatic rings. The fourth-order valence-corrected chi connectivity index (χ4v) is 3.99. The molecule has 1 aromatic heterocycles. The van der Waals surface area contributed by atoms with Gasteiger partial charge in [-0.2, -0.15) is 0 Å². The van der Waals surface area contributed by atoms with Crippen molar-refractivity contribution in [2.75, 3.05) is 12.3 Å². The lowest BCUT2D eigenvalue weighted by Crippen LogP contribution is -2.31. The van der Waals surface area contributed by atoms with E-state index in [9.17, 15) is 17.9 Å². The van der Waals surface area contributed by atoms with E-state index in [-0.39, 0.29) is 23.0 Å². The molecule has 0 amide bonds. The third-order valence-electron chi connectivity index (χ3n) is 4.01. The van der Waals surface area contributed by atoms with Crippen LogP contribution in [0.15, 0.2) is 59.8 Å². The van der Waals surface area contributed by atoms with Gasteiger partial charge < -0.3 is 10.8 Å². The Morgan fingerprint density at radius 3 is 2.43 bits per heavy atom. The smallest absolute Gasteiger partial charge is 0.241 e. The first-order valence-corrected chi connectivity index (χ1v) is 9.91. The van der Waals surface area contributed by atoms with Crippen molar-refractivity contribution in [2.24, 2.45) is 0 Å². The van der Waals surface area contributed by atoms with Crippen molar-refractivity contribution in [3.8, 4) is 22.3 Å². The number of halogens is 1. The lowest BCUT2D eigenvalue weighted by atomic mass is 10.0. The molecule has 0 saturated carbocycles. The van der Waals surface area contributed by atoms with Gasteiger partial charge in [0.1, 0.15) is 5.82 Å². The molecule has 146 valence electrons. The molecule has 0 bridgehead atoms. The lowest BCUT2D eigenvalue weighted by Gasteiger charge is -2.13. The topological polar surface area (TPSA) is 118 Å². The van der Waals surface area contributed by atoms with Crippen LogP contribution in [0.5, 0.6) is 0 Å². The number of nitrogens with two attached hydrogens (primary N) is 1. The number of rotatable bonds is 6. The Labute approximate surface area is 162 Å². The van der Waals surface area contributed by atoms with Crippen LogP contribution in [0.3, 0.4) is 0 Å². The van der Waals surface area contributed by atoms with Crippen LogP contribution in [-0.2, 0) is 10.0 Å². The predicted molar refractivity (Wildman–Crippen MR) is 104 cm³/mol. The van der Waals surface area contributed by atoms with Crippen molar-refractivity contribution in [1.29, 1.82) is 0 Å². The molecule has 28 heavy (non-hydrogen) atoms. The second-order valence-electron chi connectivity index (χ2n) is 6.22. The molecule has 0 aliphatic carbocycles. The minimum Gasteiger partial charge on any atom is -0.392 e. The fourth-order valence-electron chi connectivity index (χ4n) is 2.64. The highest BCUT2D eigenvalue weighted by Crippen LogP contribution is 2.31. The zero-order valence-corrected chi connectivity index (χ0v) is 15.8. The van der Waals surface area contributed by atoms with Crippen LogP contribution in [0, 0.1) is 5.82 Å². The van der Waals surface area contributed by atoms with Crippen molar-refractivity contribution in [2.45, 2.75) is 17.9 Å². The summed E-state index contributed by atoms with van der Waals surface area (Å²) in [6.45, 7) is 1.35. The van der Waals surface area contributed by atoms with Gasteiger partial charge in [-0.15, -0.1) is 0 Å². The number of sulfonamides is 1. The summed E-state index contributed by atoms with van der Waals surface area (Å²) < 4.78 is 42.2. The molecule has 3 aromatic rings. The van der Waals surface area contributed by atoms with Gasteiger partial charge in [-0.25, -0.2) is 27.5 Å². The van der Waals surface area contributed by atoms with E-state index in [4.69, 9.17) is 5.73 Å². The highest BCUT2D eigenvalue weighted by atomic mass is 32.2. The maximum absolute atomic E-state index is 14.7. The van der Waals surface area contributed by atoms with Gasteiger partial charge in [0, 0.05) is 35.6 Å². The van der Waals surface area contributed by atoms with Crippen LogP contribution in [0.1, 0.15) is 6.92 Å². The average Bonchev–Trinajstić information content (AvgIpc) is 2.67. The first kappa shape index (κ1) is 19.9. The Balaban J connectivity index is 2.01. The van der Waals surface area contributed by atoms with Crippen molar-refractivity contribution in [3.63, 3.8) is 0 Å². The highest BCUT2D eigenvalue weighted by molar-refractivity contribution is 7.89. The van der Waals surface area contributed by atoms with Gasteiger partial charge in [-0.05, 0) is 24.6 Å². The molecule has 0 spiro atoms. The number of nitrogen functional groups attached to an aromatic ring is 1. The third kappa shape index (κ3) is 4.33. The molecule has 0 radical (unpaired) electrons. The molecule has 0 fully saturated rings. The monoisotopic (exact) mass is 402 g/mol. The van der Waals surface area contributed by atoms with E-state index in [1.54, 1.807) is 24.3 Å². The maximum Gasteiger partial charge on any atom is 0.241 e. The summed E-state index contributed by atoms with van der Waals surface area (Å²) in [4.78, 5) is 7.70. The van der Waals surface area contributed by atoms with E-state index in [1.807, 2.05) is 0 Å². The molecule has 0 saturated heterocycles. The largest absolute Gasteiger partial charge is 0.392 e. The number of hydrogen-bond acceptors (Lipinski definition) is 6. The van der Waals surface area contributed by atoms with Crippen LogP contribution in [0.25, 0.3) is 22.3 Å². The fraction of sp³-hybridized carbons (Fsp3) is 0.158. The highest BCUT2D eigenvalue weighted by Gasteiger charge is 2.20. The number of nitrogens with one attached hydrogen (secondary N) is 1. The minimum atomic E-state index is -3.88. The minimum absolute atomic E-state index is 0.00128. The van der Waals surface area contributed by atoms with Crippen LogP contribution < -0.4 is 10.5 Å². The van der Waals surface area contributed by atoms with Gasteiger partial charge in [-0.3, -0.25) is 0 Å². The predicted octanol–water partition coefficient (Wildman–Crippen LogP) is 2.19. The second-order valence-corrected chi connectivity index (χ2v) is 7.96. The van der Waals surface area contributed by atoms with Crippen LogP contribution >= 0.6 is 0 Å². The summed E-state index contributed by atoms with van der Waals surface area (Å²) in [7, 11) is -3.88. The third-order valence-corrected chi connectivity index (χ3v) is 5.49. The van der Waals surface area contributed by atoms with E-state index in [2.05, 4.69) is 14.7 Å². The van der Waals surface area contributed by atoms with Crippen molar-refractivity contribution < 1.29 is 17.9 Å². The molecule has 1 atom stereocenters. The molecule has 4 N–H and O–H groups in total. The maximum atomic E-state index is 14.7. The summed E-state index contributed by atoms with van der Waals surface area (Å²) in [6.07, 6.45) is 2.00. The van der Waals surface area contributed by atoms with Gasteiger partial charge in [0.05, 0.1) is 11.0 Å². The van der Waals surface area contributed by atoms with E-state index < -0.39 is 21.9 Å². The van der Waals surface area contributed by atoms with E-state index in [0.717, 1.165) is 0 Å². The molecule has 3 rings (SSSR count). The summed E-state index contributed by atoms with van der Waals surface area (Å²) in [5.74, 6) is -0.459. The lowest BCUT2D eigenvalue weighted by molar-refractivity contribution is 0.198. The first-order valence-electron chi connectivity index (χ1n) is 8.42. The zero-order valence-electron chi connectivity index (χ0n) is 15.0. The quantitative estimate of drug-likeness (QED) is 0.582. The summed E-state index contributed by atoms with van der Waals surface area (Å²) in [5.41, 5.74) is 6.93. The normalized spacial score (nSPS) is 12.7. The summed E-state index contributed by atoms with van der Waals surface area (Å²) in [6, 6.07) is 10.7. The zero-order chi connectivity index (χ0) is 20.3. The van der Waals surface area contributed by atoms with Crippen molar-refractivity contribution in [1.82, 2.24) is 14.7 Å². The van der Waals surface area contributed by atoms with E-state index in [0.29, 0.717) is 16.7 Å². The van der Waals surface area contributed by atoms with Gasteiger partial charge in [0.2, 0.25) is 16.0 Å². The Morgan fingerprint density at radius 2 is 1.79 bits per heavy atom. The van der Waals surface area contributed by atoms with Crippen LogP contribution in [-0.4, -0.2) is 36.1 Å². The molecule has 2 aromatic carbocycles. The van der Waals surface area contributed by atoms with Crippen LogP contribution in [0.4, 0.5) is 10.3 Å². The molecule has 0 aliphatic heterocycles. The number of nitrogens with zero attached hydrogens (tertiary/aromatic N) is 2. The SMILES string of the molecule is CC(O)CNS(=O)(=O)c1ccccc1-c1ccc(-c2cnc(N)nc2)c(F)c1. The Hall–Kier alpha value is -2.88. The average molecular weight is 402 g/mol. The van der Waals surface area contributed by atoms with Crippen molar-refractivity contribution >= 4 is 16.0 Å². The molecule has 1 heterocycles. The molecule has 9 heteroatoms. The van der Waals surface area contributed by atoms with E-state index in [1.165, 1.54) is 37.5 Å². The van der Waals surface area contributed by atoms with Gasteiger partial charge >= 0.3 is 0 Å². The Morgan fingerprint density at radius 1 is 1.11 bits per heavy atom. The number of hydrogen-bond donors (Lipinski definition) is 3. The van der Waals surface area contributed by atoms with Crippen LogP contribution in [0.2, 0.25) is 0 Å². The molecular formula is C19H19FN4O3S. The Kier molecular flexibility index (Phi) is 5.68. The second kappa shape index (κ2) is 8.01. The number of aliphatic hydroxyl groups is 1. The molecule has 7 nitrogen and oxygen atoms in total. The van der Waals surface area contributed by atoms with Gasteiger partial charge in [0.25, 0.3) is 0 Å².